The van der Waals surface area contributed by atoms with Crippen LogP contribution in [0, 0.1) is 23.2 Å². The summed E-state index contributed by atoms with van der Waals surface area (Å²) in [7, 11) is 0. The Morgan fingerprint density at radius 2 is 2.09 bits per heavy atom. The van der Waals surface area contributed by atoms with E-state index in [0.717, 1.165) is 24.7 Å². The Bertz CT molecular complexity index is 174. The largest absolute Gasteiger partial charge is 0.393 e. The van der Waals surface area contributed by atoms with Crippen LogP contribution in [0.4, 0.5) is 0 Å². The zero-order chi connectivity index (χ0) is 8.22. The molecule has 2 aliphatic rings. The molecule has 0 aliphatic heterocycles. The lowest BCUT2D eigenvalue weighted by molar-refractivity contribution is 0.0927. The molecule has 0 unspecified atom stereocenters. The summed E-state index contributed by atoms with van der Waals surface area (Å²) in [6.07, 6.45) is 2.24. The summed E-state index contributed by atoms with van der Waals surface area (Å²) in [5.74, 6) is 2.28. The van der Waals surface area contributed by atoms with E-state index in [-0.39, 0.29) is 6.10 Å². The van der Waals surface area contributed by atoms with E-state index in [9.17, 15) is 5.11 Å². The van der Waals surface area contributed by atoms with E-state index in [1.165, 1.54) is 0 Å². The maximum absolute atomic E-state index is 9.62. The van der Waals surface area contributed by atoms with Crippen molar-refractivity contribution >= 4 is 0 Å². The van der Waals surface area contributed by atoms with Gasteiger partial charge in [0.05, 0.1) is 6.10 Å². The van der Waals surface area contributed by atoms with Crippen molar-refractivity contribution in [2.45, 2.75) is 39.7 Å². The van der Waals surface area contributed by atoms with Gasteiger partial charge in [-0.2, -0.15) is 0 Å². The van der Waals surface area contributed by atoms with Gasteiger partial charge in [0.2, 0.25) is 0 Å². The molecule has 0 spiro atoms. The number of hydrogen-bond acceptors (Lipinski definition) is 1. The van der Waals surface area contributed by atoms with Gasteiger partial charge in [-0.1, -0.05) is 27.2 Å². The highest BCUT2D eigenvalue weighted by atomic mass is 16.3. The number of aliphatic hydroxyl groups is 1. The van der Waals surface area contributed by atoms with E-state index in [2.05, 4.69) is 20.8 Å². The van der Waals surface area contributed by atoms with E-state index in [1.54, 1.807) is 0 Å². The minimum Gasteiger partial charge on any atom is -0.393 e. The Morgan fingerprint density at radius 3 is 2.45 bits per heavy atom. The monoisotopic (exact) mass is 154 g/mol. The number of rotatable bonds is 1. The van der Waals surface area contributed by atoms with Gasteiger partial charge in [0.1, 0.15) is 0 Å². The average Bonchev–Trinajstić information content (AvgIpc) is 2.38. The second-order valence-corrected chi connectivity index (χ2v) is 4.83. The molecule has 0 radical (unpaired) electrons. The fourth-order valence-corrected chi connectivity index (χ4v) is 3.29. The summed E-state index contributed by atoms with van der Waals surface area (Å²) in [5.41, 5.74) is 0.555. The highest BCUT2D eigenvalue weighted by Crippen LogP contribution is 2.69. The average molecular weight is 154 g/mol. The minimum absolute atomic E-state index is 0.0167. The molecule has 0 bridgehead atoms. The molecule has 4 atom stereocenters. The molecule has 2 fully saturated rings. The molecule has 0 amide bonds. The quantitative estimate of drug-likeness (QED) is 0.613. The lowest BCUT2D eigenvalue weighted by atomic mass is 9.89. The van der Waals surface area contributed by atoms with Crippen LogP contribution in [-0.2, 0) is 0 Å². The molecule has 0 aromatic heterocycles. The summed E-state index contributed by atoms with van der Waals surface area (Å²) in [6.45, 7) is 6.89. The van der Waals surface area contributed by atoms with Gasteiger partial charge in [-0.05, 0) is 29.6 Å². The third-order valence-electron chi connectivity index (χ3n) is 4.06. The van der Waals surface area contributed by atoms with Crippen LogP contribution in [-0.4, -0.2) is 11.2 Å². The van der Waals surface area contributed by atoms with Crippen LogP contribution >= 0.6 is 0 Å². The Labute approximate surface area is 68.8 Å². The van der Waals surface area contributed by atoms with Gasteiger partial charge in [0.25, 0.3) is 0 Å². The number of fused-ring (bicyclic) bond motifs is 1. The Morgan fingerprint density at radius 1 is 1.45 bits per heavy atom. The summed E-state index contributed by atoms with van der Waals surface area (Å²) in [6, 6.07) is 0. The Balaban J connectivity index is 2.11. The lowest BCUT2D eigenvalue weighted by Crippen LogP contribution is -2.21. The third-order valence-corrected chi connectivity index (χ3v) is 4.06. The summed E-state index contributed by atoms with van der Waals surface area (Å²) < 4.78 is 0. The molecule has 2 rings (SSSR count). The van der Waals surface area contributed by atoms with Crippen molar-refractivity contribution < 1.29 is 5.11 Å². The second-order valence-electron chi connectivity index (χ2n) is 4.83. The smallest absolute Gasteiger partial charge is 0.0574 e. The van der Waals surface area contributed by atoms with E-state index in [4.69, 9.17) is 0 Å². The molecule has 0 aromatic carbocycles. The molecule has 64 valence electrons. The number of hydrogen-bond donors (Lipinski definition) is 1. The van der Waals surface area contributed by atoms with Crippen LogP contribution in [0.25, 0.3) is 0 Å². The van der Waals surface area contributed by atoms with Crippen LogP contribution in [0.5, 0.6) is 0 Å². The van der Waals surface area contributed by atoms with Crippen molar-refractivity contribution in [3.05, 3.63) is 0 Å². The predicted octanol–water partition coefficient (Wildman–Crippen LogP) is 2.05. The van der Waals surface area contributed by atoms with E-state index in [1.807, 2.05) is 0 Å². The fraction of sp³-hybridized carbons (Fsp3) is 1.00. The molecule has 11 heavy (non-hydrogen) atoms. The summed E-state index contributed by atoms with van der Waals surface area (Å²) in [4.78, 5) is 0. The molecular formula is C10H18O. The second kappa shape index (κ2) is 2.01. The van der Waals surface area contributed by atoms with E-state index in [0.29, 0.717) is 11.3 Å². The van der Waals surface area contributed by atoms with Crippen molar-refractivity contribution in [2.24, 2.45) is 23.2 Å². The SMILES string of the molecule is CC[C@@H]1[C@H]2[C@@H](C[C@H]1O)C2(C)C. The Kier molecular flexibility index (Phi) is 1.39. The van der Waals surface area contributed by atoms with E-state index >= 15 is 0 Å². The zero-order valence-corrected chi connectivity index (χ0v) is 7.67. The van der Waals surface area contributed by atoms with Crippen LogP contribution in [0.1, 0.15) is 33.6 Å². The first-order chi connectivity index (χ1) is 5.09. The maximum Gasteiger partial charge on any atom is 0.0574 e. The highest BCUT2D eigenvalue weighted by Gasteiger charge is 2.65. The first-order valence-electron chi connectivity index (χ1n) is 4.77. The van der Waals surface area contributed by atoms with Gasteiger partial charge in [0, 0.05) is 0 Å². The van der Waals surface area contributed by atoms with Gasteiger partial charge in [0.15, 0.2) is 0 Å². The van der Waals surface area contributed by atoms with E-state index < -0.39 is 0 Å². The van der Waals surface area contributed by atoms with Crippen molar-refractivity contribution in [2.75, 3.05) is 0 Å². The highest BCUT2D eigenvalue weighted by molar-refractivity contribution is 5.14. The van der Waals surface area contributed by atoms with Gasteiger partial charge in [-0.15, -0.1) is 0 Å². The normalized spacial score (nSPS) is 52.4. The molecular weight excluding hydrogens is 136 g/mol. The van der Waals surface area contributed by atoms with Crippen LogP contribution in [0.3, 0.4) is 0 Å². The summed E-state index contributed by atoms with van der Waals surface area (Å²) >= 11 is 0. The molecule has 1 N–H and O–H groups in total. The molecule has 1 heteroatoms. The zero-order valence-electron chi connectivity index (χ0n) is 7.67. The van der Waals surface area contributed by atoms with Crippen molar-refractivity contribution in [1.29, 1.82) is 0 Å². The molecule has 0 saturated heterocycles. The Hall–Kier alpha value is -0.0400. The van der Waals surface area contributed by atoms with Gasteiger partial charge < -0.3 is 5.11 Å². The standard InChI is InChI=1S/C10H18O/c1-4-6-8(11)5-7-9(6)10(7,2)3/h6-9,11H,4-5H2,1-3H3/t6-,7+,8+,9-/m0/s1. The topological polar surface area (TPSA) is 20.2 Å². The molecule has 0 heterocycles. The molecule has 0 aromatic rings. The first-order valence-corrected chi connectivity index (χ1v) is 4.77. The molecule has 2 saturated carbocycles. The minimum atomic E-state index is 0.0167. The maximum atomic E-state index is 9.62. The number of aliphatic hydroxyl groups excluding tert-OH is 1. The van der Waals surface area contributed by atoms with Crippen LogP contribution in [0.15, 0.2) is 0 Å². The van der Waals surface area contributed by atoms with Crippen molar-refractivity contribution in [1.82, 2.24) is 0 Å². The molecule has 1 nitrogen and oxygen atoms in total. The molecule has 2 aliphatic carbocycles. The van der Waals surface area contributed by atoms with Gasteiger partial charge in [-0.25, -0.2) is 0 Å². The van der Waals surface area contributed by atoms with Gasteiger partial charge in [-0.3, -0.25) is 0 Å². The summed E-state index contributed by atoms with van der Waals surface area (Å²) in [5, 5.41) is 9.62. The van der Waals surface area contributed by atoms with Crippen molar-refractivity contribution in [3.63, 3.8) is 0 Å². The van der Waals surface area contributed by atoms with Crippen molar-refractivity contribution in [3.8, 4) is 0 Å². The predicted molar refractivity (Wildman–Crippen MR) is 45.2 cm³/mol. The lowest BCUT2D eigenvalue weighted by Gasteiger charge is -2.20. The van der Waals surface area contributed by atoms with Crippen LogP contribution in [0.2, 0.25) is 0 Å². The fourth-order valence-electron chi connectivity index (χ4n) is 3.29. The van der Waals surface area contributed by atoms with Gasteiger partial charge >= 0.3 is 0 Å². The third kappa shape index (κ3) is 0.807. The first kappa shape index (κ1) is 7.60. The van der Waals surface area contributed by atoms with Crippen LogP contribution < -0.4 is 0 Å².